The van der Waals surface area contributed by atoms with Crippen molar-refractivity contribution in [1.29, 1.82) is 0 Å². The summed E-state index contributed by atoms with van der Waals surface area (Å²) in [6.45, 7) is 6.75. The summed E-state index contributed by atoms with van der Waals surface area (Å²) < 4.78 is 29.2. The van der Waals surface area contributed by atoms with Gasteiger partial charge < -0.3 is 5.32 Å². The zero-order valence-electron chi connectivity index (χ0n) is 14.2. The number of rotatable bonds is 5. The number of nitrogens with one attached hydrogen (secondary N) is 2. The number of nitrogens with zero attached hydrogens (tertiary/aromatic N) is 4. The summed E-state index contributed by atoms with van der Waals surface area (Å²) in [5.41, 5.74) is 1.45. The van der Waals surface area contributed by atoms with Gasteiger partial charge in [-0.3, -0.25) is 9.58 Å². The lowest BCUT2D eigenvalue weighted by Gasteiger charge is -2.27. The molecule has 0 atom stereocenters. The van der Waals surface area contributed by atoms with Crippen LogP contribution >= 0.6 is 24.8 Å². The Balaban J connectivity index is 0.00000156. The topological polar surface area (TPSA) is 92.1 Å². The molecule has 0 unspecified atom stereocenters. The van der Waals surface area contributed by atoms with E-state index in [1.165, 1.54) is 6.20 Å². The molecule has 142 valence electrons. The molecule has 25 heavy (non-hydrogen) atoms. The first-order chi connectivity index (χ1) is 11.0. The molecule has 8 nitrogen and oxygen atoms in total. The van der Waals surface area contributed by atoms with Crippen molar-refractivity contribution in [3.63, 3.8) is 0 Å². The van der Waals surface area contributed by atoms with E-state index in [0.717, 1.165) is 37.3 Å². The van der Waals surface area contributed by atoms with Crippen LogP contribution in [0.1, 0.15) is 5.69 Å². The van der Waals surface area contributed by atoms with Crippen LogP contribution in [0.2, 0.25) is 0 Å². The van der Waals surface area contributed by atoms with Crippen LogP contribution in [0, 0.1) is 6.92 Å². The zero-order valence-corrected chi connectivity index (χ0v) is 16.7. The van der Waals surface area contributed by atoms with Crippen LogP contribution in [-0.4, -0.2) is 67.4 Å². The van der Waals surface area contributed by atoms with E-state index in [1.807, 2.05) is 6.92 Å². The molecule has 0 radical (unpaired) electrons. The molecule has 11 heteroatoms. The van der Waals surface area contributed by atoms with E-state index in [2.05, 4.69) is 25.0 Å². The molecule has 3 heterocycles. The van der Waals surface area contributed by atoms with Gasteiger partial charge in [0.25, 0.3) is 0 Å². The molecule has 1 aliphatic heterocycles. The predicted octanol–water partition coefficient (Wildman–Crippen LogP) is 0.304. The number of aromatic nitrogens is 3. The van der Waals surface area contributed by atoms with Crippen molar-refractivity contribution < 1.29 is 8.42 Å². The Morgan fingerprint density at radius 1 is 1.28 bits per heavy atom. The van der Waals surface area contributed by atoms with Gasteiger partial charge in [-0.1, -0.05) is 0 Å². The van der Waals surface area contributed by atoms with Crippen LogP contribution in [0.3, 0.4) is 0 Å². The van der Waals surface area contributed by atoms with Gasteiger partial charge in [-0.25, -0.2) is 18.1 Å². The van der Waals surface area contributed by atoms with Crippen molar-refractivity contribution in [3.8, 4) is 0 Å². The number of halogens is 2. The SMILES string of the molecule is Cc1nn(C)c2ncc(S(=O)(=O)NCCN3CCNCC3)cc12.Cl.Cl. The zero-order chi connectivity index (χ0) is 16.4. The third-order valence-electron chi connectivity index (χ3n) is 4.08. The smallest absolute Gasteiger partial charge is 0.242 e. The second-order valence-electron chi connectivity index (χ2n) is 5.74. The average molecular weight is 411 g/mol. The molecule has 2 aromatic heterocycles. The summed E-state index contributed by atoms with van der Waals surface area (Å²) >= 11 is 0. The number of piperazine rings is 1. The van der Waals surface area contributed by atoms with Crippen LogP contribution in [0.15, 0.2) is 17.2 Å². The van der Waals surface area contributed by atoms with Gasteiger partial charge >= 0.3 is 0 Å². The van der Waals surface area contributed by atoms with E-state index in [-0.39, 0.29) is 29.7 Å². The Morgan fingerprint density at radius 3 is 2.64 bits per heavy atom. The van der Waals surface area contributed by atoms with E-state index < -0.39 is 10.0 Å². The first-order valence-electron chi connectivity index (χ1n) is 7.69. The molecule has 0 bridgehead atoms. The third-order valence-corrected chi connectivity index (χ3v) is 5.51. The lowest BCUT2D eigenvalue weighted by atomic mass is 10.3. The van der Waals surface area contributed by atoms with Crippen LogP contribution in [0.5, 0.6) is 0 Å². The van der Waals surface area contributed by atoms with Gasteiger partial charge in [0.15, 0.2) is 5.65 Å². The molecule has 0 aliphatic carbocycles. The fourth-order valence-electron chi connectivity index (χ4n) is 2.79. The van der Waals surface area contributed by atoms with Crippen molar-refractivity contribution in [2.24, 2.45) is 7.05 Å². The minimum atomic E-state index is -3.55. The van der Waals surface area contributed by atoms with E-state index in [1.54, 1.807) is 17.8 Å². The Hall–Kier alpha value is -0.970. The minimum Gasteiger partial charge on any atom is -0.314 e. The molecule has 1 fully saturated rings. The van der Waals surface area contributed by atoms with Gasteiger partial charge in [0.2, 0.25) is 10.0 Å². The maximum absolute atomic E-state index is 12.4. The summed E-state index contributed by atoms with van der Waals surface area (Å²) in [5, 5.41) is 8.30. The number of hydrogen-bond acceptors (Lipinski definition) is 6. The van der Waals surface area contributed by atoms with Gasteiger partial charge in [-0.2, -0.15) is 5.10 Å². The van der Waals surface area contributed by atoms with Gasteiger partial charge in [0.05, 0.1) is 5.69 Å². The molecule has 1 aliphatic rings. The maximum atomic E-state index is 12.4. The Labute approximate surface area is 160 Å². The molecule has 0 spiro atoms. The van der Waals surface area contributed by atoms with E-state index >= 15 is 0 Å². The van der Waals surface area contributed by atoms with Crippen LogP contribution in [0.4, 0.5) is 0 Å². The highest BCUT2D eigenvalue weighted by Gasteiger charge is 2.18. The predicted molar refractivity (Wildman–Crippen MR) is 102 cm³/mol. The molecular weight excluding hydrogens is 387 g/mol. The summed E-state index contributed by atoms with van der Waals surface area (Å²) in [6, 6.07) is 1.64. The van der Waals surface area contributed by atoms with Gasteiger partial charge in [-0.05, 0) is 13.0 Å². The second kappa shape index (κ2) is 9.11. The van der Waals surface area contributed by atoms with Crippen LogP contribution in [-0.2, 0) is 17.1 Å². The fourth-order valence-corrected chi connectivity index (χ4v) is 3.78. The third kappa shape index (κ3) is 5.02. The fraction of sp³-hybridized carbons (Fsp3) is 0.571. The first-order valence-corrected chi connectivity index (χ1v) is 9.18. The summed E-state index contributed by atoms with van der Waals surface area (Å²) in [4.78, 5) is 6.65. The number of aryl methyl sites for hydroxylation is 2. The minimum absolute atomic E-state index is 0. The Morgan fingerprint density at radius 2 is 1.96 bits per heavy atom. The largest absolute Gasteiger partial charge is 0.314 e. The van der Waals surface area contributed by atoms with Crippen molar-refractivity contribution in [3.05, 3.63) is 18.0 Å². The number of sulfonamides is 1. The lowest BCUT2D eigenvalue weighted by Crippen LogP contribution is -2.46. The van der Waals surface area contributed by atoms with Crippen LogP contribution in [0.25, 0.3) is 11.0 Å². The summed E-state index contributed by atoms with van der Waals surface area (Å²) in [7, 11) is -1.76. The molecular formula is C14H24Cl2N6O2S. The van der Waals surface area contributed by atoms with Crippen LogP contribution < -0.4 is 10.0 Å². The van der Waals surface area contributed by atoms with Gasteiger partial charge in [0.1, 0.15) is 4.90 Å². The Kier molecular flexibility index (Phi) is 8.04. The summed E-state index contributed by atoms with van der Waals surface area (Å²) in [5.74, 6) is 0. The summed E-state index contributed by atoms with van der Waals surface area (Å²) in [6.07, 6.45) is 1.39. The normalized spacial score (nSPS) is 15.6. The molecule has 0 saturated carbocycles. The molecule has 0 aromatic carbocycles. The van der Waals surface area contributed by atoms with Crippen molar-refractivity contribution in [2.45, 2.75) is 11.8 Å². The Bertz CT molecular complexity index is 805. The van der Waals surface area contributed by atoms with Crippen molar-refractivity contribution >= 4 is 45.9 Å². The molecule has 1 saturated heterocycles. The van der Waals surface area contributed by atoms with Gasteiger partial charge in [0, 0.05) is 57.9 Å². The molecule has 2 N–H and O–H groups in total. The standard InChI is InChI=1S/C14H22N6O2S.2ClH/c1-11-13-9-12(10-16-14(13)19(2)18-11)23(21,22)17-5-8-20-6-3-15-4-7-20;;/h9-10,15,17H,3-8H2,1-2H3;2*1H. The number of hydrogen-bond donors (Lipinski definition) is 2. The quantitative estimate of drug-likeness (QED) is 0.736. The van der Waals surface area contributed by atoms with E-state index in [9.17, 15) is 8.42 Å². The number of fused-ring (bicyclic) bond motifs is 1. The highest BCUT2D eigenvalue weighted by molar-refractivity contribution is 7.89. The van der Waals surface area contributed by atoms with Crippen molar-refractivity contribution in [2.75, 3.05) is 39.3 Å². The second-order valence-corrected chi connectivity index (χ2v) is 7.51. The van der Waals surface area contributed by atoms with Gasteiger partial charge in [-0.15, -0.1) is 24.8 Å². The van der Waals surface area contributed by atoms with Crippen molar-refractivity contribution in [1.82, 2.24) is 29.7 Å². The number of pyridine rings is 1. The van der Waals surface area contributed by atoms with E-state index in [4.69, 9.17) is 0 Å². The first kappa shape index (κ1) is 22.1. The average Bonchev–Trinajstić information content (AvgIpc) is 2.82. The van der Waals surface area contributed by atoms with E-state index in [0.29, 0.717) is 18.7 Å². The highest BCUT2D eigenvalue weighted by Crippen LogP contribution is 2.19. The molecule has 3 rings (SSSR count). The molecule has 2 aromatic rings. The maximum Gasteiger partial charge on any atom is 0.242 e. The highest BCUT2D eigenvalue weighted by atomic mass is 35.5. The monoisotopic (exact) mass is 410 g/mol. The lowest BCUT2D eigenvalue weighted by molar-refractivity contribution is 0.245. The molecule has 0 amide bonds.